The largest absolute Gasteiger partial charge is 0.302 e. The second kappa shape index (κ2) is 10.6. The Morgan fingerprint density at radius 2 is 1.52 bits per heavy atom. The van der Waals surface area contributed by atoms with E-state index >= 15 is 0 Å². The fraction of sp³-hybridized carbons (Fsp3) is 0.429. The second-order valence-electron chi connectivity index (χ2n) is 6.31. The average Bonchev–Trinajstić information content (AvgIpc) is 2.54. The van der Waals surface area contributed by atoms with Crippen molar-refractivity contribution in [1.29, 1.82) is 0 Å². The molecule has 0 aliphatic rings. The van der Waals surface area contributed by atoms with E-state index in [1.165, 1.54) is 42.4 Å². The van der Waals surface area contributed by atoms with Gasteiger partial charge in [-0.2, -0.15) is 0 Å². The highest BCUT2D eigenvalue weighted by Crippen LogP contribution is 2.27. The Kier molecular flexibility index (Phi) is 9.20. The first kappa shape index (κ1) is 19.9. The van der Waals surface area contributed by atoms with Crippen LogP contribution in [-0.4, -0.2) is 19.0 Å². The van der Waals surface area contributed by atoms with Gasteiger partial charge in [0.2, 0.25) is 0 Å². The summed E-state index contributed by atoms with van der Waals surface area (Å²) in [5.74, 6) is 0. The van der Waals surface area contributed by atoms with Crippen LogP contribution in [0.1, 0.15) is 48.9 Å². The van der Waals surface area contributed by atoms with E-state index in [2.05, 4.69) is 80.5 Å². The molecule has 1 nitrogen and oxygen atoms in total. The highest BCUT2D eigenvalue weighted by atomic mass is 79.9. The highest BCUT2D eigenvalue weighted by Gasteiger charge is 2.16. The predicted molar refractivity (Wildman–Crippen MR) is 107 cm³/mol. The first-order valence-corrected chi connectivity index (χ1v) is 8.50. The van der Waals surface area contributed by atoms with Gasteiger partial charge in [0.1, 0.15) is 0 Å². The number of benzene rings is 2. The van der Waals surface area contributed by atoms with Crippen LogP contribution in [0.5, 0.6) is 0 Å². The third-order valence-corrected chi connectivity index (χ3v) is 4.35. The molecule has 1 unspecified atom stereocenters. The van der Waals surface area contributed by atoms with Gasteiger partial charge in [-0.1, -0.05) is 67.9 Å². The van der Waals surface area contributed by atoms with Gasteiger partial charge in [0.15, 0.2) is 0 Å². The van der Waals surface area contributed by atoms with Crippen molar-refractivity contribution in [3.8, 4) is 0 Å². The fourth-order valence-corrected chi connectivity index (χ4v) is 3.18. The lowest BCUT2D eigenvalue weighted by Crippen LogP contribution is -2.21. The van der Waals surface area contributed by atoms with Crippen LogP contribution in [-0.2, 0) is 12.8 Å². The third-order valence-electron chi connectivity index (χ3n) is 4.35. The topological polar surface area (TPSA) is 3.24 Å². The molecule has 0 heterocycles. The lowest BCUT2D eigenvalue weighted by molar-refractivity contribution is 0.280. The Labute approximate surface area is 152 Å². The molecule has 0 N–H and O–H groups in total. The number of hydrogen-bond donors (Lipinski definition) is 0. The van der Waals surface area contributed by atoms with E-state index in [1.807, 2.05) is 0 Å². The summed E-state index contributed by atoms with van der Waals surface area (Å²) in [6.07, 6.45) is 5.99. The van der Waals surface area contributed by atoms with Crippen LogP contribution in [0.2, 0.25) is 0 Å². The molecule has 2 aromatic rings. The van der Waals surface area contributed by atoms with Gasteiger partial charge >= 0.3 is 0 Å². The summed E-state index contributed by atoms with van der Waals surface area (Å²) in [6.45, 7) is 2.27. The molecule has 0 aromatic heterocycles. The molecule has 1 atom stereocenters. The molecular formula is C21H30BrN. The van der Waals surface area contributed by atoms with Crippen LogP contribution in [0.25, 0.3) is 0 Å². The van der Waals surface area contributed by atoms with Crippen molar-refractivity contribution in [3.05, 3.63) is 71.3 Å². The SMILES string of the molecule is Br.CCCC(c1ccccc1CCCc1ccccc1)N(C)C. The van der Waals surface area contributed by atoms with Gasteiger partial charge in [-0.3, -0.25) is 0 Å². The standard InChI is InChI=1S/C21H29N.BrH/c1-4-11-21(22(2)3)20-17-9-8-15-19(20)16-10-14-18-12-6-5-7-13-18;/h5-9,12-13,15,17,21H,4,10-11,14,16H2,1-3H3;1H. The molecule has 23 heavy (non-hydrogen) atoms. The zero-order valence-electron chi connectivity index (χ0n) is 14.7. The Hall–Kier alpha value is -1.12. The minimum absolute atomic E-state index is 0. The number of nitrogens with zero attached hydrogens (tertiary/aromatic N) is 1. The monoisotopic (exact) mass is 375 g/mol. The van der Waals surface area contributed by atoms with E-state index in [0.29, 0.717) is 6.04 Å². The summed E-state index contributed by atoms with van der Waals surface area (Å²) in [6, 6.07) is 20.3. The van der Waals surface area contributed by atoms with Gasteiger partial charge in [-0.15, -0.1) is 17.0 Å². The molecule has 0 bridgehead atoms. The number of hydrogen-bond acceptors (Lipinski definition) is 1. The van der Waals surface area contributed by atoms with Crippen LogP contribution in [0.3, 0.4) is 0 Å². The maximum Gasteiger partial charge on any atom is 0.0344 e. The molecule has 2 heteroatoms. The van der Waals surface area contributed by atoms with Crippen molar-refractivity contribution < 1.29 is 0 Å². The van der Waals surface area contributed by atoms with Crippen molar-refractivity contribution in [1.82, 2.24) is 4.90 Å². The van der Waals surface area contributed by atoms with Crippen LogP contribution in [0.15, 0.2) is 54.6 Å². The summed E-state index contributed by atoms with van der Waals surface area (Å²) in [7, 11) is 4.39. The molecule has 0 aliphatic heterocycles. The van der Waals surface area contributed by atoms with Gasteiger partial charge in [-0.05, 0) is 56.5 Å². The Morgan fingerprint density at radius 1 is 0.870 bits per heavy atom. The zero-order valence-corrected chi connectivity index (χ0v) is 16.4. The van der Waals surface area contributed by atoms with Crippen molar-refractivity contribution in [3.63, 3.8) is 0 Å². The summed E-state index contributed by atoms with van der Waals surface area (Å²) >= 11 is 0. The lowest BCUT2D eigenvalue weighted by atomic mass is 9.93. The molecule has 0 spiro atoms. The van der Waals surface area contributed by atoms with Crippen molar-refractivity contribution in [2.24, 2.45) is 0 Å². The summed E-state index contributed by atoms with van der Waals surface area (Å²) in [5.41, 5.74) is 4.48. The van der Waals surface area contributed by atoms with Crippen LogP contribution in [0.4, 0.5) is 0 Å². The van der Waals surface area contributed by atoms with Crippen molar-refractivity contribution in [2.75, 3.05) is 14.1 Å². The third kappa shape index (κ3) is 6.12. The molecule has 2 rings (SSSR count). The number of aryl methyl sites for hydroxylation is 2. The molecule has 0 saturated carbocycles. The summed E-state index contributed by atoms with van der Waals surface area (Å²) < 4.78 is 0. The summed E-state index contributed by atoms with van der Waals surface area (Å²) in [5, 5.41) is 0. The minimum Gasteiger partial charge on any atom is -0.302 e. The Morgan fingerprint density at radius 3 is 2.17 bits per heavy atom. The molecule has 126 valence electrons. The molecular weight excluding hydrogens is 346 g/mol. The highest BCUT2D eigenvalue weighted by molar-refractivity contribution is 8.93. The maximum absolute atomic E-state index is 2.36. The number of halogens is 1. The van der Waals surface area contributed by atoms with Gasteiger partial charge in [0.05, 0.1) is 0 Å². The molecule has 0 fully saturated rings. The lowest BCUT2D eigenvalue weighted by Gasteiger charge is -2.26. The molecule has 0 amide bonds. The number of rotatable bonds is 8. The van der Waals surface area contributed by atoms with E-state index in [0.717, 1.165) is 6.42 Å². The van der Waals surface area contributed by atoms with Crippen molar-refractivity contribution >= 4 is 17.0 Å². The minimum atomic E-state index is 0. The fourth-order valence-electron chi connectivity index (χ4n) is 3.18. The van der Waals surface area contributed by atoms with E-state index in [9.17, 15) is 0 Å². The second-order valence-corrected chi connectivity index (χ2v) is 6.31. The van der Waals surface area contributed by atoms with Gasteiger partial charge in [-0.25, -0.2) is 0 Å². The van der Waals surface area contributed by atoms with Crippen molar-refractivity contribution in [2.45, 2.75) is 45.1 Å². The van der Waals surface area contributed by atoms with E-state index in [-0.39, 0.29) is 17.0 Å². The van der Waals surface area contributed by atoms with E-state index in [4.69, 9.17) is 0 Å². The normalized spacial score (nSPS) is 12.0. The molecule has 0 saturated heterocycles. The zero-order chi connectivity index (χ0) is 15.8. The maximum atomic E-state index is 2.36. The predicted octanol–water partition coefficient (Wildman–Crippen LogP) is 5.84. The average molecular weight is 376 g/mol. The van der Waals surface area contributed by atoms with Gasteiger partial charge in [0, 0.05) is 6.04 Å². The van der Waals surface area contributed by atoms with E-state index < -0.39 is 0 Å². The van der Waals surface area contributed by atoms with Gasteiger partial charge in [0.25, 0.3) is 0 Å². The molecule has 2 aromatic carbocycles. The first-order chi connectivity index (χ1) is 10.7. The summed E-state index contributed by atoms with van der Waals surface area (Å²) in [4.78, 5) is 2.36. The van der Waals surface area contributed by atoms with E-state index in [1.54, 1.807) is 0 Å². The molecule has 0 radical (unpaired) electrons. The Balaban J connectivity index is 0.00000264. The smallest absolute Gasteiger partial charge is 0.0344 e. The first-order valence-electron chi connectivity index (χ1n) is 8.50. The van der Waals surface area contributed by atoms with Crippen LogP contribution >= 0.6 is 17.0 Å². The van der Waals surface area contributed by atoms with Crippen LogP contribution < -0.4 is 0 Å². The Bertz CT molecular complexity index is 551. The molecule has 0 aliphatic carbocycles. The quantitative estimate of drug-likeness (QED) is 0.559. The van der Waals surface area contributed by atoms with Gasteiger partial charge < -0.3 is 4.90 Å². The van der Waals surface area contributed by atoms with Crippen LogP contribution in [0, 0.1) is 0 Å².